The van der Waals surface area contributed by atoms with Crippen molar-refractivity contribution in [3.8, 4) is 0 Å². The van der Waals surface area contributed by atoms with E-state index in [4.69, 9.17) is 11.6 Å². The number of halogens is 1. The summed E-state index contributed by atoms with van der Waals surface area (Å²) >= 11 is 5.76. The molecule has 3 rings (SSSR count). The van der Waals surface area contributed by atoms with Gasteiger partial charge in [-0.25, -0.2) is 9.78 Å². The molecule has 1 N–H and O–H groups in total. The second-order valence-corrected chi connectivity index (χ2v) is 5.45. The lowest BCUT2D eigenvalue weighted by Gasteiger charge is -2.05. The van der Waals surface area contributed by atoms with Crippen LogP contribution in [-0.2, 0) is 17.9 Å². The Hall–Kier alpha value is -2.60. The van der Waals surface area contributed by atoms with E-state index in [-0.39, 0.29) is 18.1 Å². The average molecular weight is 331 g/mol. The Morgan fingerprint density at radius 2 is 1.87 bits per heavy atom. The molecule has 2 heterocycles. The Bertz CT molecular complexity index is 912. The van der Waals surface area contributed by atoms with Crippen molar-refractivity contribution in [1.29, 1.82) is 0 Å². The van der Waals surface area contributed by atoms with Gasteiger partial charge in [0, 0.05) is 12.7 Å². The van der Waals surface area contributed by atoms with Gasteiger partial charge in [-0.05, 0) is 31.2 Å². The van der Waals surface area contributed by atoms with Crippen molar-refractivity contribution in [3.05, 3.63) is 58.1 Å². The number of fused-ring (bicyclic) bond motifs is 1. The van der Waals surface area contributed by atoms with Crippen LogP contribution in [0.25, 0.3) is 11.0 Å². The molecule has 0 saturated carbocycles. The van der Waals surface area contributed by atoms with Crippen LogP contribution in [0.2, 0.25) is 5.02 Å². The van der Waals surface area contributed by atoms with Gasteiger partial charge < -0.3 is 5.32 Å². The molecule has 1 amide bonds. The minimum Gasteiger partial charge on any atom is -0.309 e. The van der Waals surface area contributed by atoms with Gasteiger partial charge in [0.15, 0.2) is 0 Å². The van der Waals surface area contributed by atoms with Crippen LogP contribution in [0.5, 0.6) is 0 Å². The van der Waals surface area contributed by atoms with Gasteiger partial charge in [-0.15, -0.1) is 0 Å². The van der Waals surface area contributed by atoms with Crippen molar-refractivity contribution in [2.45, 2.75) is 20.0 Å². The van der Waals surface area contributed by atoms with Crippen LogP contribution < -0.4 is 11.0 Å². The number of hydrogen-bond donors (Lipinski definition) is 1. The van der Waals surface area contributed by atoms with Crippen LogP contribution in [-0.4, -0.2) is 20.0 Å². The number of hydrogen-bond acceptors (Lipinski definition) is 3. The summed E-state index contributed by atoms with van der Waals surface area (Å²) in [7, 11) is 0. The second-order valence-electron chi connectivity index (χ2n) is 5.01. The largest absolute Gasteiger partial charge is 0.329 e. The highest BCUT2D eigenvalue weighted by molar-refractivity contribution is 6.30. The van der Waals surface area contributed by atoms with Gasteiger partial charge in [-0.1, -0.05) is 23.7 Å². The smallest absolute Gasteiger partial charge is 0.309 e. The molecular formula is C16H15ClN4O2. The molecule has 0 radical (unpaired) electrons. The van der Waals surface area contributed by atoms with E-state index in [0.29, 0.717) is 17.4 Å². The van der Waals surface area contributed by atoms with Crippen molar-refractivity contribution in [2.75, 3.05) is 5.32 Å². The number of nitrogens with zero attached hydrogens (tertiary/aromatic N) is 3. The van der Waals surface area contributed by atoms with Crippen molar-refractivity contribution in [1.82, 2.24) is 14.1 Å². The monoisotopic (exact) mass is 330 g/mol. The number of benzene rings is 1. The van der Waals surface area contributed by atoms with Gasteiger partial charge >= 0.3 is 5.69 Å². The standard InChI is InChI=1S/C16H15ClN4O2/c1-2-20-12-5-3-4-6-13(12)21(16(20)23)10-15(22)19-14-8-7-11(17)9-18-14/h3-9H,2,10H2,1H3,(H,18,19,22). The van der Waals surface area contributed by atoms with E-state index in [1.54, 1.807) is 16.7 Å². The Balaban J connectivity index is 1.89. The van der Waals surface area contributed by atoms with Gasteiger partial charge in [-0.2, -0.15) is 0 Å². The zero-order chi connectivity index (χ0) is 16.4. The summed E-state index contributed by atoms with van der Waals surface area (Å²) in [5.74, 6) is 0.0765. The minimum atomic E-state index is -0.319. The molecule has 0 aliphatic heterocycles. The third-order valence-corrected chi connectivity index (χ3v) is 3.76. The molecule has 118 valence electrons. The predicted octanol–water partition coefficient (Wildman–Crippen LogP) is 2.51. The molecule has 0 saturated heterocycles. The fourth-order valence-corrected chi connectivity index (χ4v) is 2.62. The number of amides is 1. The first-order chi connectivity index (χ1) is 11.1. The normalized spacial score (nSPS) is 10.9. The second kappa shape index (κ2) is 6.26. The quantitative estimate of drug-likeness (QED) is 0.799. The number of anilines is 1. The summed E-state index contributed by atoms with van der Waals surface area (Å²) in [5, 5.41) is 3.15. The maximum Gasteiger partial charge on any atom is 0.329 e. The van der Waals surface area contributed by atoms with E-state index >= 15 is 0 Å². The van der Waals surface area contributed by atoms with Gasteiger partial charge in [0.25, 0.3) is 0 Å². The number of aryl methyl sites for hydroxylation is 1. The molecule has 23 heavy (non-hydrogen) atoms. The fourth-order valence-electron chi connectivity index (χ4n) is 2.51. The number of carbonyl (C=O) groups is 1. The molecule has 7 heteroatoms. The average Bonchev–Trinajstić information content (AvgIpc) is 2.81. The van der Waals surface area contributed by atoms with Crippen molar-refractivity contribution < 1.29 is 4.79 Å². The number of rotatable bonds is 4. The first-order valence-corrected chi connectivity index (χ1v) is 7.57. The topological polar surface area (TPSA) is 68.9 Å². The molecule has 0 unspecified atom stereocenters. The molecule has 0 atom stereocenters. The third-order valence-electron chi connectivity index (χ3n) is 3.54. The van der Waals surface area contributed by atoms with E-state index in [1.165, 1.54) is 10.8 Å². The van der Waals surface area contributed by atoms with Crippen LogP contribution in [0.15, 0.2) is 47.4 Å². The van der Waals surface area contributed by atoms with Crippen LogP contribution in [0.4, 0.5) is 5.82 Å². The number of carbonyl (C=O) groups excluding carboxylic acids is 1. The first-order valence-electron chi connectivity index (χ1n) is 7.19. The maximum absolute atomic E-state index is 12.5. The lowest BCUT2D eigenvalue weighted by molar-refractivity contribution is -0.116. The molecule has 1 aromatic carbocycles. The number of nitrogens with one attached hydrogen (secondary N) is 1. The number of para-hydroxylation sites is 2. The lowest BCUT2D eigenvalue weighted by atomic mass is 10.3. The highest BCUT2D eigenvalue weighted by Crippen LogP contribution is 2.13. The molecule has 2 aromatic heterocycles. The summed E-state index contributed by atoms with van der Waals surface area (Å²) in [4.78, 5) is 28.7. The van der Waals surface area contributed by atoms with Gasteiger partial charge in [0.1, 0.15) is 12.4 Å². The Morgan fingerprint density at radius 1 is 1.17 bits per heavy atom. The summed E-state index contributed by atoms with van der Waals surface area (Å²) < 4.78 is 3.10. The van der Waals surface area contributed by atoms with Crippen LogP contribution in [0.1, 0.15) is 6.92 Å². The van der Waals surface area contributed by atoms with E-state index in [0.717, 1.165) is 11.0 Å². The van der Waals surface area contributed by atoms with Crippen molar-refractivity contribution >= 4 is 34.4 Å². The van der Waals surface area contributed by atoms with Gasteiger partial charge in [0.05, 0.1) is 16.1 Å². The summed E-state index contributed by atoms with van der Waals surface area (Å²) in [6, 6.07) is 10.7. The van der Waals surface area contributed by atoms with Crippen LogP contribution in [0.3, 0.4) is 0 Å². The van der Waals surface area contributed by atoms with E-state index in [2.05, 4.69) is 10.3 Å². The molecule has 3 aromatic rings. The molecule has 0 spiro atoms. The zero-order valence-electron chi connectivity index (χ0n) is 12.5. The van der Waals surface area contributed by atoms with Gasteiger partial charge in [0.2, 0.25) is 5.91 Å². The summed E-state index contributed by atoms with van der Waals surface area (Å²) in [6.45, 7) is 2.37. The summed E-state index contributed by atoms with van der Waals surface area (Å²) in [6.07, 6.45) is 1.45. The molecule has 0 aliphatic carbocycles. The maximum atomic E-state index is 12.5. The van der Waals surface area contributed by atoms with Gasteiger partial charge in [-0.3, -0.25) is 13.9 Å². The number of aromatic nitrogens is 3. The molecule has 0 bridgehead atoms. The summed E-state index contributed by atoms with van der Waals surface area (Å²) in [5.41, 5.74) is 1.35. The Morgan fingerprint density at radius 3 is 2.48 bits per heavy atom. The number of imidazole rings is 1. The van der Waals surface area contributed by atoms with Crippen molar-refractivity contribution in [2.24, 2.45) is 0 Å². The van der Waals surface area contributed by atoms with E-state index in [1.807, 2.05) is 31.2 Å². The predicted molar refractivity (Wildman–Crippen MR) is 89.7 cm³/mol. The Kier molecular flexibility index (Phi) is 4.16. The molecular weight excluding hydrogens is 316 g/mol. The number of pyridine rings is 1. The zero-order valence-corrected chi connectivity index (χ0v) is 13.2. The fraction of sp³-hybridized carbons (Fsp3) is 0.188. The van der Waals surface area contributed by atoms with Crippen LogP contribution >= 0.6 is 11.6 Å². The van der Waals surface area contributed by atoms with Crippen molar-refractivity contribution in [3.63, 3.8) is 0 Å². The van der Waals surface area contributed by atoms with Crippen LogP contribution in [0, 0.1) is 0 Å². The molecule has 0 fully saturated rings. The first kappa shape index (κ1) is 15.3. The SMILES string of the molecule is CCn1c(=O)n(CC(=O)Nc2ccc(Cl)cn2)c2ccccc21. The lowest BCUT2D eigenvalue weighted by Crippen LogP contribution is -2.29. The molecule has 6 nitrogen and oxygen atoms in total. The molecule has 0 aliphatic rings. The van der Waals surface area contributed by atoms with E-state index in [9.17, 15) is 9.59 Å². The Labute approximate surface area is 137 Å². The highest BCUT2D eigenvalue weighted by atomic mass is 35.5. The van der Waals surface area contributed by atoms with E-state index < -0.39 is 0 Å². The third kappa shape index (κ3) is 2.98. The highest BCUT2D eigenvalue weighted by Gasteiger charge is 2.14. The minimum absolute atomic E-state index is 0.0728.